The summed E-state index contributed by atoms with van der Waals surface area (Å²) in [5.41, 5.74) is 1.83. The highest BCUT2D eigenvalue weighted by Crippen LogP contribution is 2.36. The zero-order valence-electron chi connectivity index (χ0n) is 15.1. The minimum atomic E-state index is -0.422. The number of anilines is 2. The number of thiocarbonyl (C=S) groups is 1. The number of para-hydroxylation sites is 1. The average molecular weight is 412 g/mol. The Kier molecular flexibility index (Phi) is 5.91. The third-order valence-electron chi connectivity index (χ3n) is 4.18. The Balaban J connectivity index is 1.96. The summed E-state index contributed by atoms with van der Waals surface area (Å²) in [6.45, 7) is 3.96. The van der Waals surface area contributed by atoms with Crippen molar-refractivity contribution in [3.63, 3.8) is 0 Å². The van der Waals surface area contributed by atoms with Gasteiger partial charge in [0, 0.05) is 25.3 Å². The van der Waals surface area contributed by atoms with Crippen LogP contribution in [0.25, 0.3) is 6.08 Å². The normalized spacial score (nSPS) is 15.2. The lowest BCUT2D eigenvalue weighted by Gasteiger charge is -2.19. The Morgan fingerprint density at radius 2 is 2.00 bits per heavy atom. The average Bonchev–Trinajstić information content (AvgIpc) is 2.95. The summed E-state index contributed by atoms with van der Waals surface area (Å²) in [5.74, 6) is -0.219. The van der Waals surface area contributed by atoms with Gasteiger partial charge in [-0.1, -0.05) is 54.3 Å². The van der Waals surface area contributed by atoms with Gasteiger partial charge in [0.05, 0.1) is 9.83 Å². The van der Waals surface area contributed by atoms with Gasteiger partial charge < -0.3 is 4.90 Å². The molecule has 28 heavy (non-hydrogen) atoms. The Hall–Kier alpha value is -2.97. The first-order valence-electron chi connectivity index (χ1n) is 8.36. The molecule has 0 unspecified atom stereocenters. The van der Waals surface area contributed by atoms with Gasteiger partial charge in [0.15, 0.2) is 0 Å². The third kappa shape index (κ3) is 3.97. The highest BCUT2D eigenvalue weighted by molar-refractivity contribution is 8.26. The standard InChI is InChI=1S/C20H17N3O3S2/c1-3-11-22-19(24)18(28-20(22)27)13-14-9-10-16(17(12-14)23(25)26)21(2)15-7-5-4-6-8-15/h3-10,12-13H,1,11H2,2H3/b18-13-. The topological polar surface area (TPSA) is 66.7 Å². The molecule has 2 aromatic carbocycles. The van der Waals surface area contributed by atoms with Crippen molar-refractivity contribution in [3.8, 4) is 0 Å². The molecule has 1 saturated heterocycles. The Bertz CT molecular complexity index is 989. The smallest absolute Gasteiger partial charge is 0.293 e. The van der Waals surface area contributed by atoms with Crippen molar-refractivity contribution in [1.82, 2.24) is 4.90 Å². The SMILES string of the molecule is C=CCN1C(=O)/C(=C/c2ccc(N(C)c3ccccc3)c([N+](=O)[O-])c2)SC1=S. The molecule has 0 aromatic heterocycles. The summed E-state index contributed by atoms with van der Waals surface area (Å²) in [6.07, 6.45) is 3.23. The van der Waals surface area contributed by atoms with Gasteiger partial charge in [0.25, 0.3) is 11.6 Å². The zero-order valence-corrected chi connectivity index (χ0v) is 16.7. The molecule has 0 radical (unpaired) electrons. The molecule has 1 aliphatic heterocycles. The van der Waals surface area contributed by atoms with Gasteiger partial charge in [-0.2, -0.15) is 0 Å². The van der Waals surface area contributed by atoms with Crippen molar-refractivity contribution in [2.24, 2.45) is 0 Å². The fourth-order valence-electron chi connectivity index (χ4n) is 2.79. The van der Waals surface area contributed by atoms with Crippen LogP contribution < -0.4 is 4.90 Å². The molecule has 1 heterocycles. The van der Waals surface area contributed by atoms with Crippen LogP contribution in [0.15, 0.2) is 66.1 Å². The van der Waals surface area contributed by atoms with Gasteiger partial charge in [-0.25, -0.2) is 0 Å². The number of benzene rings is 2. The first-order valence-corrected chi connectivity index (χ1v) is 9.58. The summed E-state index contributed by atoms with van der Waals surface area (Å²) in [5, 5.41) is 11.6. The number of hydrogen-bond acceptors (Lipinski definition) is 6. The molecule has 6 nitrogen and oxygen atoms in total. The van der Waals surface area contributed by atoms with Crippen LogP contribution in [0, 0.1) is 10.1 Å². The van der Waals surface area contributed by atoms with Crippen molar-refractivity contribution >= 4 is 57.3 Å². The Morgan fingerprint density at radius 1 is 1.29 bits per heavy atom. The van der Waals surface area contributed by atoms with E-state index in [4.69, 9.17) is 12.2 Å². The molecule has 8 heteroatoms. The van der Waals surface area contributed by atoms with E-state index in [1.54, 1.807) is 36.2 Å². The molecule has 0 N–H and O–H groups in total. The molecule has 1 fully saturated rings. The molecule has 1 aliphatic rings. The van der Waals surface area contributed by atoms with Gasteiger partial charge in [-0.05, 0) is 29.8 Å². The Morgan fingerprint density at radius 3 is 2.64 bits per heavy atom. The number of carbonyl (C=O) groups is 1. The maximum atomic E-state index is 12.4. The largest absolute Gasteiger partial charge is 0.339 e. The second-order valence-electron chi connectivity index (χ2n) is 5.98. The second kappa shape index (κ2) is 8.37. The predicted molar refractivity (Wildman–Crippen MR) is 118 cm³/mol. The summed E-state index contributed by atoms with van der Waals surface area (Å²) < 4.78 is 0.450. The van der Waals surface area contributed by atoms with Gasteiger partial charge in [0.2, 0.25) is 0 Å². The van der Waals surface area contributed by atoms with Crippen LogP contribution in [0.4, 0.5) is 17.1 Å². The van der Waals surface area contributed by atoms with Gasteiger partial charge in [-0.15, -0.1) is 6.58 Å². The minimum absolute atomic E-state index is 0.0401. The van der Waals surface area contributed by atoms with Crippen LogP contribution in [-0.2, 0) is 4.79 Å². The number of nitro groups is 1. The quantitative estimate of drug-likeness (QED) is 0.225. The molecular weight excluding hydrogens is 394 g/mol. The summed E-state index contributed by atoms with van der Waals surface area (Å²) in [7, 11) is 1.78. The first kappa shape index (κ1) is 19.8. The number of nitrogens with zero attached hydrogens (tertiary/aromatic N) is 3. The maximum Gasteiger partial charge on any atom is 0.293 e. The highest BCUT2D eigenvalue weighted by atomic mass is 32.2. The van der Waals surface area contributed by atoms with Crippen LogP contribution in [-0.4, -0.2) is 33.6 Å². The molecule has 3 rings (SSSR count). The van der Waals surface area contributed by atoms with Crippen molar-refractivity contribution < 1.29 is 9.72 Å². The number of amides is 1. The molecule has 0 bridgehead atoms. The summed E-state index contributed by atoms with van der Waals surface area (Å²) in [6, 6.07) is 14.3. The zero-order chi connectivity index (χ0) is 20.3. The molecular formula is C20H17N3O3S2. The molecule has 1 amide bonds. The van der Waals surface area contributed by atoms with Crippen LogP contribution >= 0.6 is 24.0 Å². The molecule has 0 saturated carbocycles. The van der Waals surface area contributed by atoms with E-state index < -0.39 is 4.92 Å². The van der Waals surface area contributed by atoms with Crippen LogP contribution in [0.3, 0.4) is 0 Å². The maximum absolute atomic E-state index is 12.4. The molecule has 0 spiro atoms. The number of carbonyl (C=O) groups excluding carboxylic acids is 1. The monoisotopic (exact) mass is 411 g/mol. The van der Waals surface area contributed by atoms with Gasteiger partial charge in [-0.3, -0.25) is 19.8 Å². The van der Waals surface area contributed by atoms with Crippen molar-refractivity contribution in [2.75, 3.05) is 18.5 Å². The van der Waals surface area contributed by atoms with Crippen LogP contribution in [0.5, 0.6) is 0 Å². The van der Waals surface area contributed by atoms with Gasteiger partial charge >= 0.3 is 0 Å². The fraction of sp³-hybridized carbons (Fsp3) is 0.100. The predicted octanol–water partition coefficient (Wildman–Crippen LogP) is 4.75. The van der Waals surface area contributed by atoms with E-state index in [0.717, 1.165) is 5.69 Å². The highest BCUT2D eigenvalue weighted by Gasteiger charge is 2.31. The van der Waals surface area contributed by atoms with E-state index in [-0.39, 0.29) is 11.6 Å². The summed E-state index contributed by atoms with van der Waals surface area (Å²) in [4.78, 5) is 27.3. The molecule has 0 atom stereocenters. The van der Waals surface area contributed by atoms with E-state index in [0.29, 0.717) is 27.0 Å². The van der Waals surface area contributed by atoms with Crippen molar-refractivity contribution in [3.05, 3.63) is 81.8 Å². The van der Waals surface area contributed by atoms with E-state index in [2.05, 4.69) is 6.58 Å². The lowest BCUT2D eigenvalue weighted by molar-refractivity contribution is -0.384. The third-order valence-corrected chi connectivity index (χ3v) is 5.56. The van der Waals surface area contributed by atoms with Gasteiger partial charge in [0.1, 0.15) is 10.0 Å². The van der Waals surface area contributed by atoms with E-state index in [9.17, 15) is 14.9 Å². The van der Waals surface area contributed by atoms with E-state index >= 15 is 0 Å². The molecule has 2 aromatic rings. The fourth-order valence-corrected chi connectivity index (χ4v) is 4.06. The van der Waals surface area contributed by atoms with E-state index in [1.165, 1.54) is 22.7 Å². The number of rotatable bonds is 6. The lowest BCUT2D eigenvalue weighted by atomic mass is 10.1. The molecule has 142 valence electrons. The first-order chi connectivity index (χ1) is 13.4. The van der Waals surface area contributed by atoms with Crippen LogP contribution in [0.1, 0.15) is 5.56 Å². The lowest BCUT2D eigenvalue weighted by Crippen LogP contribution is -2.27. The second-order valence-corrected chi connectivity index (χ2v) is 7.66. The number of hydrogen-bond donors (Lipinski definition) is 0. The van der Waals surface area contributed by atoms with Crippen molar-refractivity contribution in [1.29, 1.82) is 0 Å². The van der Waals surface area contributed by atoms with Crippen LogP contribution in [0.2, 0.25) is 0 Å². The van der Waals surface area contributed by atoms with Crippen molar-refractivity contribution in [2.45, 2.75) is 0 Å². The molecule has 0 aliphatic carbocycles. The number of nitro benzene ring substituents is 1. The summed E-state index contributed by atoms with van der Waals surface area (Å²) >= 11 is 6.40. The minimum Gasteiger partial charge on any atom is -0.339 e. The van der Waals surface area contributed by atoms with E-state index in [1.807, 2.05) is 30.3 Å². The Labute approximate surface area is 172 Å². The number of thioether (sulfide) groups is 1.